The van der Waals surface area contributed by atoms with Crippen molar-refractivity contribution < 1.29 is 4.79 Å². The highest BCUT2D eigenvalue weighted by molar-refractivity contribution is 6.17. The minimum atomic E-state index is -0.868. The lowest BCUT2D eigenvalue weighted by molar-refractivity contribution is -0.126. The van der Waals surface area contributed by atoms with Gasteiger partial charge in [-0.1, -0.05) is 42.0 Å². The monoisotopic (exact) mass is 498 g/mol. The molecule has 3 heterocycles. The standard InChI is InChI=1S/C28H34N8O/c1-18-7-9-19(10-8-18)15-36-22(37)13-28(25-26(31-16-30-25)32-17-33-27(28)36)21-12-11-20(14-29-2)23(34(3)4)24(21)35(5)6/h7-12,16-17,29H,13-15H2,1-6H3,(H,30,31). The number of aromatic nitrogens is 2. The summed E-state index contributed by atoms with van der Waals surface area (Å²) in [6.45, 7) is 3.22. The van der Waals surface area contributed by atoms with Gasteiger partial charge in [-0.2, -0.15) is 0 Å². The van der Waals surface area contributed by atoms with Crippen molar-refractivity contribution in [3.8, 4) is 0 Å². The first-order valence-corrected chi connectivity index (χ1v) is 12.4. The lowest BCUT2D eigenvalue weighted by atomic mass is 9.73. The highest BCUT2D eigenvalue weighted by Gasteiger charge is 2.56. The van der Waals surface area contributed by atoms with Gasteiger partial charge in [0.15, 0.2) is 5.82 Å². The zero-order valence-corrected chi connectivity index (χ0v) is 22.3. The van der Waals surface area contributed by atoms with Gasteiger partial charge in [0, 0.05) is 41.2 Å². The number of nitrogens with one attached hydrogen (secondary N) is 2. The van der Waals surface area contributed by atoms with E-state index in [1.165, 1.54) is 17.5 Å². The molecule has 9 heteroatoms. The molecule has 192 valence electrons. The lowest BCUT2D eigenvalue weighted by Crippen LogP contribution is -2.41. The molecule has 0 aliphatic carbocycles. The number of likely N-dealkylation sites (tertiary alicyclic amines) is 1. The Morgan fingerprint density at radius 2 is 1.78 bits per heavy atom. The van der Waals surface area contributed by atoms with Gasteiger partial charge in [-0.15, -0.1) is 0 Å². The maximum absolute atomic E-state index is 13.8. The van der Waals surface area contributed by atoms with Crippen LogP contribution < -0.4 is 15.1 Å². The van der Waals surface area contributed by atoms with E-state index in [2.05, 4.69) is 87.5 Å². The molecule has 0 bridgehead atoms. The maximum Gasteiger partial charge on any atom is 0.230 e. The summed E-state index contributed by atoms with van der Waals surface area (Å²) in [5, 5.41) is 3.29. The number of benzene rings is 2. The fourth-order valence-corrected chi connectivity index (χ4v) is 5.61. The summed E-state index contributed by atoms with van der Waals surface area (Å²) in [7, 11) is 10.2. The van der Waals surface area contributed by atoms with Crippen LogP contribution >= 0.6 is 0 Å². The van der Waals surface area contributed by atoms with Gasteiger partial charge in [0.05, 0.1) is 29.9 Å². The molecule has 1 atom stereocenters. The number of aliphatic imine (C=N–C) groups is 2. The predicted octanol–water partition coefficient (Wildman–Crippen LogP) is 3.36. The molecule has 1 saturated heterocycles. The highest BCUT2D eigenvalue weighted by atomic mass is 16.2. The number of hydrogen-bond acceptors (Lipinski definition) is 7. The lowest BCUT2D eigenvalue weighted by Gasteiger charge is -2.36. The molecule has 1 amide bonds. The third kappa shape index (κ3) is 3.99. The molecule has 2 aromatic carbocycles. The Bertz CT molecular complexity index is 1390. The van der Waals surface area contributed by atoms with Crippen molar-refractivity contribution in [2.45, 2.75) is 31.8 Å². The van der Waals surface area contributed by atoms with E-state index in [1.54, 1.807) is 6.33 Å². The predicted molar refractivity (Wildman–Crippen MR) is 149 cm³/mol. The van der Waals surface area contributed by atoms with Gasteiger partial charge in [0.1, 0.15) is 17.6 Å². The molecule has 9 nitrogen and oxygen atoms in total. The number of carbonyl (C=O) groups excluding carboxylic acids is 1. The number of aromatic amines is 1. The minimum absolute atomic E-state index is 0.0191. The van der Waals surface area contributed by atoms with Crippen LogP contribution in [0.4, 0.5) is 17.2 Å². The van der Waals surface area contributed by atoms with E-state index in [4.69, 9.17) is 4.99 Å². The number of amides is 1. The van der Waals surface area contributed by atoms with Crippen LogP contribution in [0, 0.1) is 6.92 Å². The molecule has 2 N–H and O–H groups in total. The second-order valence-electron chi connectivity index (χ2n) is 10.1. The average Bonchev–Trinajstić information content (AvgIpc) is 3.40. The Labute approximate surface area is 217 Å². The number of nitrogens with zero attached hydrogens (tertiary/aromatic N) is 6. The third-order valence-corrected chi connectivity index (χ3v) is 7.18. The van der Waals surface area contributed by atoms with Crippen molar-refractivity contribution in [3.63, 3.8) is 0 Å². The molecular formula is C28H34N8O. The van der Waals surface area contributed by atoms with E-state index in [0.29, 0.717) is 18.2 Å². The molecule has 0 radical (unpaired) electrons. The van der Waals surface area contributed by atoms with Crippen molar-refractivity contribution in [2.75, 3.05) is 45.0 Å². The highest BCUT2D eigenvalue weighted by Crippen LogP contribution is 2.51. The Morgan fingerprint density at radius 1 is 1.05 bits per heavy atom. The van der Waals surface area contributed by atoms with Crippen LogP contribution in [0.25, 0.3) is 0 Å². The molecule has 5 rings (SSSR count). The molecule has 2 aliphatic heterocycles. The smallest absolute Gasteiger partial charge is 0.230 e. The number of aryl methyl sites for hydroxylation is 1. The van der Waals surface area contributed by atoms with E-state index in [9.17, 15) is 4.79 Å². The second-order valence-corrected chi connectivity index (χ2v) is 10.1. The largest absolute Gasteiger partial charge is 0.376 e. The van der Waals surface area contributed by atoms with Crippen LogP contribution in [0.15, 0.2) is 52.7 Å². The summed E-state index contributed by atoms with van der Waals surface area (Å²) in [6.07, 6.45) is 3.40. The van der Waals surface area contributed by atoms with Gasteiger partial charge in [-0.25, -0.2) is 15.0 Å². The Hall–Kier alpha value is -3.98. The van der Waals surface area contributed by atoms with Gasteiger partial charge in [-0.05, 0) is 30.7 Å². The van der Waals surface area contributed by atoms with Crippen LogP contribution in [0.5, 0.6) is 0 Å². The van der Waals surface area contributed by atoms with Crippen LogP contribution in [-0.2, 0) is 23.3 Å². The molecule has 0 saturated carbocycles. The molecule has 3 aromatic rings. The van der Waals surface area contributed by atoms with Crippen molar-refractivity contribution in [1.82, 2.24) is 20.2 Å². The van der Waals surface area contributed by atoms with Crippen molar-refractivity contribution in [3.05, 3.63) is 70.7 Å². The van der Waals surface area contributed by atoms with Gasteiger partial charge in [0.2, 0.25) is 5.91 Å². The quantitative estimate of drug-likeness (QED) is 0.521. The molecule has 1 fully saturated rings. The van der Waals surface area contributed by atoms with E-state index in [1.807, 2.05) is 26.0 Å². The van der Waals surface area contributed by atoms with Gasteiger partial charge in [-0.3, -0.25) is 9.69 Å². The SMILES string of the molecule is CNCc1ccc(C23CC(=O)N(Cc4ccc(C)cc4)C2=NC=Nc2nc[nH]c23)c(N(C)C)c1N(C)C. The molecule has 2 aliphatic rings. The maximum atomic E-state index is 13.8. The van der Waals surface area contributed by atoms with E-state index in [0.717, 1.165) is 34.7 Å². The summed E-state index contributed by atoms with van der Waals surface area (Å²) in [5.41, 5.74) is 6.45. The first-order chi connectivity index (χ1) is 17.8. The van der Waals surface area contributed by atoms with Crippen molar-refractivity contribution >= 4 is 35.3 Å². The molecule has 37 heavy (non-hydrogen) atoms. The number of amidine groups is 1. The van der Waals surface area contributed by atoms with Crippen LogP contribution in [0.1, 0.15) is 34.4 Å². The van der Waals surface area contributed by atoms with E-state index < -0.39 is 5.41 Å². The molecule has 1 unspecified atom stereocenters. The summed E-state index contributed by atoms with van der Waals surface area (Å²) < 4.78 is 0. The van der Waals surface area contributed by atoms with Crippen molar-refractivity contribution in [1.29, 1.82) is 0 Å². The number of carbonyl (C=O) groups is 1. The summed E-state index contributed by atoms with van der Waals surface area (Å²) in [4.78, 5) is 37.1. The molecule has 1 aromatic heterocycles. The van der Waals surface area contributed by atoms with Crippen LogP contribution in [0.2, 0.25) is 0 Å². The number of anilines is 2. The number of H-pyrrole nitrogens is 1. The van der Waals surface area contributed by atoms with Gasteiger partial charge >= 0.3 is 0 Å². The Balaban J connectivity index is 1.77. The zero-order valence-electron chi connectivity index (χ0n) is 22.3. The number of hydrogen-bond donors (Lipinski definition) is 2. The summed E-state index contributed by atoms with van der Waals surface area (Å²) in [6, 6.07) is 12.6. The topological polar surface area (TPSA) is 92.2 Å². The fraction of sp³-hybridized carbons (Fsp3) is 0.357. The van der Waals surface area contributed by atoms with Crippen LogP contribution in [0.3, 0.4) is 0 Å². The summed E-state index contributed by atoms with van der Waals surface area (Å²) in [5.74, 6) is 1.24. The zero-order chi connectivity index (χ0) is 26.3. The minimum Gasteiger partial charge on any atom is -0.376 e. The van der Waals surface area contributed by atoms with Gasteiger partial charge < -0.3 is 20.1 Å². The molecular weight excluding hydrogens is 464 g/mol. The number of fused-ring (bicyclic) bond motifs is 3. The normalized spacial score (nSPS) is 18.4. The first-order valence-electron chi connectivity index (χ1n) is 12.4. The summed E-state index contributed by atoms with van der Waals surface area (Å²) >= 11 is 0. The van der Waals surface area contributed by atoms with Crippen molar-refractivity contribution in [2.24, 2.45) is 9.98 Å². The second kappa shape index (κ2) is 9.48. The Morgan fingerprint density at radius 3 is 2.46 bits per heavy atom. The number of imidazole rings is 1. The third-order valence-electron chi connectivity index (χ3n) is 7.18. The fourth-order valence-electron chi connectivity index (χ4n) is 5.61. The average molecular weight is 499 g/mol. The van der Waals surface area contributed by atoms with E-state index >= 15 is 0 Å². The molecule has 0 spiro atoms. The Kier molecular flexibility index (Phi) is 6.33. The number of rotatable bonds is 7. The first kappa shape index (κ1) is 24.7. The van der Waals surface area contributed by atoms with Gasteiger partial charge in [0.25, 0.3) is 0 Å². The van der Waals surface area contributed by atoms with E-state index in [-0.39, 0.29) is 12.3 Å². The van der Waals surface area contributed by atoms with Crippen LogP contribution in [-0.4, -0.2) is 68.2 Å².